The molecule has 0 unspecified atom stereocenters. The molecule has 0 bridgehead atoms. The molecule has 2 N–H and O–H groups in total. The lowest BCUT2D eigenvalue weighted by molar-refractivity contribution is 0.0606. The number of ether oxygens (including phenoxy) is 1. The van der Waals surface area contributed by atoms with Gasteiger partial charge in [-0.25, -0.2) is 9.37 Å². The first-order valence-electron chi connectivity index (χ1n) is 14.4. The molecule has 5 aromatic rings. The van der Waals surface area contributed by atoms with Crippen molar-refractivity contribution in [2.75, 3.05) is 20.2 Å². The number of likely N-dealkylation sites (tertiary alicyclic amines) is 1. The average molecular weight is 552 g/mol. The molecule has 2 atom stereocenters. The molecule has 7 rings (SSSR count). The number of carbonyl (C=O) groups excluding carboxylic acids is 1. The minimum Gasteiger partial charge on any atom is -0.494 e. The number of nitrogens with two attached hydrogens (primary N) is 1. The van der Waals surface area contributed by atoms with E-state index in [-0.39, 0.29) is 24.9 Å². The third kappa shape index (κ3) is 4.86. The molecule has 0 spiro atoms. The number of alkyl halides is 1. The molecule has 0 radical (unpaired) electrons. The third-order valence-corrected chi connectivity index (χ3v) is 8.35. The Hall–Kier alpha value is -4.17. The van der Waals surface area contributed by atoms with Gasteiger partial charge in [-0.1, -0.05) is 48.5 Å². The number of benzene rings is 3. The van der Waals surface area contributed by atoms with E-state index in [1.54, 1.807) is 13.2 Å². The number of hydrogen-bond acceptors (Lipinski definition) is 4. The van der Waals surface area contributed by atoms with Crippen molar-refractivity contribution >= 4 is 27.8 Å². The van der Waals surface area contributed by atoms with Crippen molar-refractivity contribution in [1.29, 1.82) is 0 Å². The standard InChI is InChI=1S/C33H34FN5O2/c1-41-30-15-24(33(40)37-19-25(34)16-26(35)20-37)13-27-31(30)39(18-21-7-3-2-4-8-21)32(36-27)29-14-23-9-5-6-10-28(23)38(29)17-22-11-12-22/h2-10,13-15,22,25-26H,11-12,16-20,35H2,1H3/t25-,26-/m1/s1. The van der Waals surface area contributed by atoms with E-state index >= 15 is 0 Å². The molecule has 2 aliphatic rings. The van der Waals surface area contributed by atoms with Crippen molar-refractivity contribution in [2.24, 2.45) is 11.7 Å². The number of piperidine rings is 1. The minimum atomic E-state index is -1.13. The van der Waals surface area contributed by atoms with Gasteiger partial charge in [-0.15, -0.1) is 0 Å². The Morgan fingerprint density at radius 3 is 2.56 bits per heavy atom. The van der Waals surface area contributed by atoms with Crippen LogP contribution in [0.1, 0.15) is 35.2 Å². The van der Waals surface area contributed by atoms with Crippen LogP contribution in [0.4, 0.5) is 4.39 Å². The largest absolute Gasteiger partial charge is 0.494 e. The summed E-state index contributed by atoms with van der Waals surface area (Å²) in [5, 5.41) is 1.17. The van der Waals surface area contributed by atoms with Gasteiger partial charge in [0.25, 0.3) is 5.91 Å². The van der Waals surface area contributed by atoms with Crippen LogP contribution in [0.15, 0.2) is 72.8 Å². The smallest absolute Gasteiger partial charge is 0.254 e. The van der Waals surface area contributed by atoms with E-state index in [9.17, 15) is 9.18 Å². The number of halogens is 1. The van der Waals surface area contributed by atoms with Crippen molar-refractivity contribution in [1.82, 2.24) is 19.0 Å². The summed E-state index contributed by atoms with van der Waals surface area (Å²) in [6, 6.07) is 24.2. The second-order valence-corrected chi connectivity index (χ2v) is 11.5. The number of methoxy groups -OCH3 is 1. The summed E-state index contributed by atoms with van der Waals surface area (Å²) in [6.07, 6.45) is 1.63. The Balaban J connectivity index is 1.41. The third-order valence-electron chi connectivity index (χ3n) is 8.35. The maximum Gasteiger partial charge on any atom is 0.254 e. The van der Waals surface area contributed by atoms with Gasteiger partial charge in [0.15, 0.2) is 5.82 Å². The summed E-state index contributed by atoms with van der Waals surface area (Å²) in [5.41, 5.74) is 11.3. The van der Waals surface area contributed by atoms with E-state index in [1.807, 2.05) is 24.3 Å². The summed E-state index contributed by atoms with van der Waals surface area (Å²) in [4.78, 5) is 20.3. The van der Waals surface area contributed by atoms with Crippen LogP contribution in [0, 0.1) is 5.92 Å². The Kier molecular flexibility index (Phi) is 6.50. The van der Waals surface area contributed by atoms with Gasteiger partial charge in [0.2, 0.25) is 0 Å². The topological polar surface area (TPSA) is 78.3 Å². The zero-order valence-corrected chi connectivity index (χ0v) is 23.2. The molecule has 1 amide bonds. The van der Waals surface area contributed by atoms with Crippen molar-refractivity contribution in [3.63, 3.8) is 0 Å². The SMILES string of the molecule is COc1cc(C(=O)N2C[C@H](N)C[C@@H](F)C2)cc2nc(-c3cc4ccccc4n3CC3CC3)n(Cc3ccccc3)c12. The van der Waals surface area contributed by atoms with Gasteiger partial charge in [0.1, 0.15) is 17.4 Å². The number of carbonyl (C=O) groups is 1. The molecule has 8 heteroatoms. The van der Waals surface area contributed by atoms with Gasteiger partial charge in [-0.2, -0.15) is 0 Å². The predicted octanol–water partition coefficient (Wildman–Crippen LogP) is 5.64. The van der Waals surface area contributed by atoms with Crippen LogP contribution in [0.25, 0.3) is 33.5 Å². The van der Waals surface area contributed by atoms with E-state index in [2.05, 4.69) is 51.6 Å². The van der Waals surface area contributed by atoms with Gasteiger partial charge >= 0.3 is 0 Å². The van der Waals surface area contributed by atoms with Crippen molar-refractivity contribution in [2.45, 2.75) is 44.6 Å². The van der Waals surface area contributed by atoms with Crippen molar-refractivity contribution in [3.05, 3.63) is 83.9 Å². The number of amides is 1. The molecule has 2 fully saturated rings. The predicted molar refractivity (Wildman–Crippen MR) is 159 cm³/mol. The van der Waals surface area contributed by atoms with Crippen molar-refractivity contribution < 1.29 is 13.9 Å². The zero-order valence-electron chi connectivity index (χ0n) is 23.2. The molecule has 210 valence electrons. The lowest BCUT2D eigenvalue weighted by atomic mass is 10.0. The first-order valence-corrected chi connectivity index (χ1v) is 14.4. The molecule has 1 saturated carbocycles. The molecular formula is C33H34FN5O2. The fraction of sp³-hybridized carbons (Fsp3) is 0.333. The van der Waals surface area contributed by atoms with E-state index in [0.29, 0.717) is 35.8 Å². The maximum atomic E-state index is 14.3. The van der Waals surface area contributed by atoms with Gasteiger partial charge in [0, 0.05) is 42.1 Å². The van der Waals surface area contributed by atoms with E-state index < -0.39 is 6.17 Å². The van der Waals surface area contributed by atoms with E-state index in [1.165, 1.54) is 28.6 Å². The normalized spacial score (nSPS) is 19.2. The van der Waals surface area contributed by atoms with Crippen LogP contribution in [0.3, 0.4) is 0 Å². The maximum absolute atomic E-state index is 14.3. The Bertz CT molecular complexity index is 1730. The van der Waals surface area contributed by atoms with Gasteiger partial charge in [0.05, 0.1) is 24.9 Å². The second kappa shape index (κ2) is 10.3. The Labute approximate surface area is 238 Å². The fourth-order valence-corrected chi connectivity index (χ4v) is 6.20. The molecule has 1 saturated heterocycles. The van der Waals surface area contributed by atoms with Crippen LogP contribution >= 0.6 is 0 Å². The number of imidazole rings is 1. The summed E-state index contributed by atoms with van der Waals surface area (Å²) < 4.78 is 24.8. The molecule has 1 aliphatic heterocycles. The second-order valence-electron chi connectivity index (χ2n) is 11.5. The number of para-hydroxylation sites is 1. The van der Waals surface area contributed by atoms with Gasteiger partial charge in [-0.3, -0.25) is 4.79 Å². The summed E-state index contributed by atoms with van der Waals surface area (Å²) in [5.74, 6) is 1.80. The van der Waals surface area contributed by atoms with E-state index in [4.69, 9.17) is 15.5 Å². The number of hydrogen-bond donors (Lipinski definition) is 1. The highest BCUT2D eigenvalue weighted by Crippen LogP contribution is 2.38. The Morgan fingerprint density at radius 2 is 1.80 bits per heavy atom. The van der Waals surface area contributed by atoms with Crippen molar-refractivity contribution in [3.8, 4) is 17.3 Å². The van der Waals surface area contributed by atoms with Gasteiger partial charge in [-0.05, 0) is 55.0 Å². The Morgan fingerprint density at radius 1 is 1.02 bits per heavy atom. The molecule has 3 aromatic carbocycles. The van der Waals surface area contributed by atoms with Crippen LogP contribution in [-0.4, -0.2) is 57.3 Å². The number of aromatic nitrogens is 3. The van der Waals surface area contributed by atoms with Crippen LogP contribution in [0.5, 0.6) is 5.75 Å². The average Bonchev–Trinajstić information content (AvgIpc) is 3.63. The fourth-order valence-electron chi connectivity index (χ4n) is 6.20. The zero-order chi connectivity index (χ0) is 28.1. The summed E-state index contributed by atoms with van der Waals surface area (Å²) in [7, 11) is 1.61. The monoisotopic (exact) mass is 551 g/mol. The van der Waals surface area contributed by atoms with Crippen LogP contribution in [0.2, 0.25) is 0 Å². The molecule has 1 aliphatic carbocycles. The molecular weight excluding hydrogens is 517 g/mol. The van der Waals surface area contributed by atoms with Crippen LogP contribution < -0.4 is 10.5 Å². The summed E-state index contributed by atoms with van der Waals surface area (Å²) in [6.45, 7) is 1.90. The highest BCUT2D eigenvalue weighted by molar-refractivity contribution is 6.00. The lowest BCUT2D eigenvalue weighted by Gasteiger charge is -2.33. The lowest BCUT2D eigenvalue weighted by Crippen LogP contribution is -2.50. The number of nitrogens with zero attached hydrogens (tertiary/aromatic N) is 4. The highest BCUT2D eigenvalue weighted by Gasteiger charge is 2.31. The minimum absolute atomic E-state index is 0.0435. The van der Waals surface area contributed by atoms with E-state index in [0.717, 1.165) is 29.1 Å². The van der Waals surface area contributed by atoms with Crippen LogP contribution in [-0.2, 0) is 13.1 Å². The molecule has 7 nitrogen and oxygen atoms in total. The molecule has 41 heavy (non-hydrogen) atoms. The van der Waals surface area contributed by atoms with Gasteiger partial charge < -0.3 is 24.5 Å². The first-order chi connectivity index (χ1) is 20.0. The first kappa shape index (κ1) is 25.8. The number of fused-ring (bicyclic) bond motifs is 2. The number of rotatable bonds is 7. The summed E-state index contributed by atoms with van der Waals surface area (Å²) >= 11 is 0. The highest BCUT2D eigenvalue weighted by atomic mass is 19.1. The molecule has 3 heterocycles. The quantitative estimate of drug-likeness (QED) is 0.284. The molecule has 2 aromatic heterocycles.